The van der Waals surface area contributed by atoms with Gasteiger partial charge >= 0.3 is 5.97 Å². The average Bonchev–Trinajstić information content (AvgIpc) is 3.10. The van der Waals surface area contributed by atoms with E-state index in [1.165, 1.54) is 32.1 Å². The summed E-state index contributed by atoms with van der Waals surface area (Å²) in [5, 5.41) is 14.2. The molecular formula is C15H22N2O2S. The smallest absolute Gasteiger partial charge is 0.320 e. The predicted octanol–water partition coefficient (Wildman–Crippen LogP) is 3.28. The van der Waals surface area contributed by atoms with Crippen LogP contribution in [-0.4, -0.2) is 31.4 Å². The number of aliphatic carboxylic acids is 1. The maximum atomic E-state index is 11.6. The number of carboxylic acid groups (broad SMARTS) is 1. The van der Waals surface area contributed by atoms with Crippen molar-refractivity contribution < 1.29 is 9.90 Å². The summed E-state index contributed by atoms with van der Waals surface area (Å²) in [6, 6.07) is 2.53. The number of aromatic nitrogens is 2. The van der Waals surface area contributed by atoms with Gasteiger partial charge in [0.15, 0.2) is 0 Å². The predicted molar refractivity (Wildman–Crippen MR) is 80.1 cm³/mol. The molecule has 1 unspecified atom stereocenters. The van der Waals surface area contributed by atoms with Crippen LogP contribution in [0.2, 0.25) is 0 Å². The lowest BCUT2D eigenvalue weighted by Gasteiger charge is -2.23. The van der Waals surface area contributed by atoms with Crippen molar-refractivity contribution in [3.8, 4) is 0 Å². The summed E-state index contributed by atoms with van der Waals surface area (Å²) < 4.78 is 1.44. The molecule has 1 saturated carbocycles. The zero-order chi connectivity index (χ0) is 14.0. The van der Waals surface area contributed by atoms with Crippen LogP contribution in [0.1, 0.15) is 56.7 Å². The van der Waals surface area contributed by atoms with E-state index in [2.05, 4.69) is 9.78 Å². The SMILES string of the molecule is O=C(O)C1(Cc2ccn(C3CCCCC3)n2)CCCS1. The number of hydrogen-bond donors (Lipinski definition) is 1. The van der Waals surface area contributed by atoms with Crippen molar-refractivity contribution >= 4 is 17.7 Å². The highest BCUT2D eigenvalue weighted by Crippen LogP contribution is 2.41. The average molecular weight is 294 g/mol. The van der Waals surface area contributed by atoms with Gasteiger partial charge < -0.3 is 5.11 Å². The van der Waals surface area contributed by atoms with E-state index in [9.17, 15) is 9.90 Å². The maximum absolute atomic E-state index is 11.6. The topological polar surface area (TPSA) is 55.1 Å². The van der Waals surface area contributed by atoms with E-state index in [0.29, 0.717) is 12.5 Å². The zero-order valence-electron chi connectivity index (χ0n) is 11.8. The van der Waals surface area contributed by atoms with E-state index in [1.807, 2.05) is 12.3 Å². The second kappa shape index (κ2) is 5.80. The number of carboxylic acids is 1. The molecule has 1 aromatic rings. The lowest BCUT2D eigenvalue weighted by molar-refractivity contribution is -0.139. The van der Waals surface area contributed by atoms with Gasteiger partial charge in [0.05, 0.1) is 11.7 Å². The Kier molecular flexibility index (Phi) is 4.06. The molecule has 1 aliphatic carbocycles. The van der Waals surface area contributed by atoms with Crippen LogP contribution in [0.25, 0.3) is 0 Å². The van der Waals surface area contributed by atoms with Crippen LogP contribution in [-0.2, 0) is 11.2 Å². The van der Waals surface area contributed by atoms with E-state index < -0.39 is 10.7 Å². The molecule has 0 radical (unpaired) electrons. The lowest BCUT2D eigenvalue weighted by atomic mass is 9.96. The molecule has 5 heteroatoms. The molecule has 2 aliphatic rings. The van der Waals surface area contributed by atoms with Crippen molar-refractivity contribution in [2.24, 2.45) is 0 Å². The fraction of sp³-hybridized carbons (Fsp3) is 0.733. The Morgan fingerprint density at radius 2 is 2.20 bits per heavy atom. The summed E-state index contributed by atoms with van der Waals surface area (Å²) in [4.78, 5) is 11.6. The van der Waals surface area contributed by atoms with Gasteiger partial charge in [0, 0.05) is 12.6 Å². The molecule has 0 spiro atoms. The zero-order valence-corrected chi connectivity index (χ0v) is 12.6. The minimum absolute atomic E-state index is 0.523. The van der Waals surface area contributed by atoms with E-state index in [0.717, 1.165) is 24.3 Å². The van der Waals surface area contributed by atoms with E-state index >= 15 is 0 Å². The Balaban J connectivity index is 1.71. The van der Waals surface area contributed by atoms with Crippen molar-refractivity contribution in [3.63, 3.8) is 0 Å². The van der Waals surface area contributed by atoms with Crippen LogP contribution < -0.4 is 0 Å². The molecule has 1 atom stereocenters. The Labute approximate surface area is 123 Å². The van der Waals surface area contributed by atoms with Gasteiger partial charge in [-0.3, -0.25) is 9.48 Å². The molecule has 0 bridgehead atoms. The Hall–Kier alpha value is -0.970. The molecule has 1 aromatic heterocycles. The Morgan fingerprint density at radius 3 is 2.85 bits per heavy atom. The first-order valence-corrected chi connectivity index (χ1v) is 8.60. The summed E-state index contributed by atoms with van der Waals surface area (Å²) in [5.41, 5.74) is 0.937. The number of thioether (sulfide) groups is 1. The second-order valence-corrected chi connectivity index (χ2v) is 7.49. The molecule has 1 saturated heterocycles. The van der Waals surface area contributed by atoms with Crippen LogP contribution in [0.15, 0.2) is 12.3 Å². The molecule has 3 rings (SSSR count). The summed E-state index contributed by atoms with van der Waals surface area (Å²) in [6.07, 6.45) is 10.7. The van der Waals surface area contributed by atoms with E-state index in [1.54, 1.807) is 11.8 Å². The largest absolute Gasteiger partial charge is 0.480 e. The van der Waals surface area contributed by atoms with Crippen molar-refractivity contribution in [2.45, 2.75) is 62.2 Å². The third-order valence-corrected chi connectivity index (χ3v) is 6.14. The Morgan fingerprint density at radius 1 is 1.40 bits per heavy atom. The first kappa shape index (κ1) is 14.0. The summed E-state index contributed by atoms with van der Waals surface area (Å²) in [7, 11) is 0. The van der Waals surface area contributed by atoms with Crippen LogP contribution in [0.4, 0.5) is 0 Å². The summed E-state index contributed by atoms with van der Waals surface area (Å²) >= 11 is 1.59. The molecule has 110 valence electrons. The van der Waals surface area contributed by atoms with Gasteiger partial charge in [0.2, 0.25) is 0 Å². The molecule has 0 amide bonds. The number of hydrogen-bond acceptors (Lipinski definition) is 3. The normalized spacial score (nSPS) is 27.8. The van der Waals surface area contributed by atoms with Crippen molar-refractivity contribution in [3.05, 3.63) is 18.0 Å². The highest BCUT2D eigenvalue weighted by molar-refractivity contribution is 8.01. The van der Waals surface area contributed by atoms with Gasteiger partial charge in [0.25, 0.3) is 0 Å². The monoisotopic (exact) mass is 294 g/mol. The van der Waals surface area contributed by atoms with Crippen LogP contribution in [0.5, 0.6) is 0 Å². The third-order valence-electron chi connectivity index (χ3n) is 4.57. The summed E-state index contributed by atoms with van der Waals surface area (Å²) in [5.74, 6) is 0.280. The second-order valence-electron chi connectivity index (χ2n) is 6.01. The van der Waals surface area contributed by atoms with Crippen molar-refractivity contribution in [1.82, 2.24) is 9.78 Å². The minimum Gasteiger partial charge on any atom is -0.480 e. The molecule has 4 nitrogen and oxygen atoms in total. The van der Waals surface area contributed by atoms with Gasteiger partial charge in [-0.2, -0.15) is 5.10 Å². The fourth-order valence-electron chi connectivity index (χ4n) is 3.39. The number of rotatable bonds is 4. The van der Waals surface area contributed by atoms with Crippen LogP contribution in [0, 0.1) is 0 Å². The van der Waals surface area contributed by atoms with Gasteiger partial charge in [-0.15, -0.1) is 11.8 Å². The molecule has 1 aliphatic heterocycles. The molecule has 20 heavy (non-hydrogen) atoms. The molecule has 0 aromatic carbocycles. The Bertz CT molecular complexity index is 474. The van der Waals surface area contributed by atoms with Gasteiger partial charge in [-0.25, -0.2) is 0 Å². The third kappa shape index (κ3) is 2.73. The van der Waals surface area contributed by atoms with Crippen LogP contribution in [0.3, 0.4) is 0 Å². The first-order valence-electron chi connectivity index (χ1n) is 7.61. The van der Waals surface area contributed by atoms with Crippen molar-refractivity contribution in [1.29, 1.82) is 0 Å². The van der Waals surface area contributed by atoms with Crippen LogP contribution >= 0.6 is 11.8 Å². The van der Waals surface area contributed by atoms with E-state index in [-0.39, 0.29) is 0 Å². The standard InChI is InChI=1S/C15H22N2O2S/c18-14(19)15(8-4-10-20-15)11-12-7-9-17(16-12)13-5-2-1-3-6-13/h7,9,13H,1-6,8,10-11H2,(H,18,19). The number of nitrogens with zero attached hydrogens (tertiary/aromatic N) is 2. The molecule has 2 fully saturated rings. The van der Waals surface area contributed by atoms with Crippen molar-refractivity contribution in [2.75, 3.05) is 5.75 Å². The number of carbonyl (C=O) groups is 1. The summed E-state index contributed by atoms with van der Waals surface area (Å²) in [6.45, 7) is 0. The van der Waals surface area contributed by atoms with Gasteiger partial charge in [0.1, 0.15) is 4.75 Å². The highest BCUT2D eigenvalue weighted by atomic mass is 32.2. The fourth-order valence-corrected chi connectivity index (χ4v) is 4.74. The van der Waals surface area contributed by atoms with E-state index in [4.69, 9.17) is 0 Å². The van der Waals surface area contributed by atoms with Gasteiger partial charge in [-0.05, 0) is 37.5 Å². The molecule has 1 N–H and O–H groups in total. The molecule has 2 heterocycles. The minimum atomic E-state index is -0.674. The quantitative estimate of drug-likeness (QED) is 0.926. The maximum Gasteiger partial charge on any atom is 0.320 e. The highest BCUT2D eigenvalue weighted by Gasteiger charge is 2.42. The molecular weight excluding hydrogens is 272 g/mol. The first-order chi connectivity index (χ1) is 9.70. The van der Waals surface area contributed by atoms with Gasteiger partial charge in [-0.1, -0.05) is 19.3 Å². The lowest BCUT2D eigenvalue weighted by Crippen LogP contribution is -2.35.